The fraction of sp³-hybridized carbons (Fsp3) is 0.125. The Labute approximate surface area is 91.0 Å². The van der Waals surface area contributed by atoms with E-state index in [1.807, 2.05) is 0 Å². The number of carboxylic acid groups (broad SMARTS) is 1. The topological polar surface area (TPSA) is 90.9 Å². The van der Waals surface area contributed by atoms with Crippen LogP contribution in [0.1, 0.15) is 5.56 Å². The molecule has 0 aliphatic rings. The van der Waals surface area contributed by atoms with Crippen molar-refractivity contribution in [2.75, 3.05) is 0 Å². The van der Waals surface area contributed by atoms with Crippen molar-refractivity contribution >= 4 is 17.2 Å². The Morgan fingerprint density at radius 1 is 1.35 bits per heavy atom. The maximum Gasteiger partial charge on any atom is 0.416 e. The SMILES string of the molecule is O=C([O-])Oc1cc(C(F)(F)F)cc2n[nH]nc12. The van der Waals surface area contributed by atoms with E-state index in [2.05, 4.69) is 20.1 Å². The van der Waals surface area contributed by atoms with Gasteiger partial charge in [0.15, 0.2) is 0 Å². The average Bonchev–Trinajstić information content (AvgIpc) is 2.62. The van der Waals surface area contributed by atoms with Gasteiger partial charge in [-0.05, 0) is 12.1 Å². The predicted octanol–water partition coefficient (Wildman–Crippen LogP) is 0.699. The van der Waals surface area contributed by atoms with Gasteiger partial charge in [0, 0.05) is 0 Å². The zero-order chi connectivity index (χ0) is 12.6. The molecule has 1 N–H and O–H groups in total. The molecule has 2 rings (SSSR count). The van der Waals surface area contributed by atoms with Gasteiger partial charge < -0.3 is 14.6 Å². The Morgan fingerprint density at radius 3 is 2.65 bits per heavy atom. The van der Waals surface area contributed by atoms with Crippen LogP contribution in [-0.2, 0) is 6.18 Å². The molecule has 0 aliphatic heterocycles. The van der Waals surface area contributed by atoms with Gasteiger partial charge in [-0.15, -0.1) is 0 Å². The fourth-order valence-electron chi connectivity index (χ4n) is 1.25. The lowest BCUT2D eigenvalue weighted by molar-refractivity contribution is -0.271. The minimum Gasteiger partial charge on any atom is -0.512 e. The number of hydrogen-bond donors (Lipinski definition) is 1. The summed E-state index contributed by atoms with van der Waals surface area (Å²) in [5, 5.41) is 19.2. The van der Waals surface area contributed by atoms with Crippen molar-refractivity contribution in [3.63, 3.8) is 0 Å². The first-order valence-electron chi connectivity index (χ1n) is 4.18. The van der Waals surface area contributed by atoms with Crippen LogP contribution in [0.4, 0.5) is 18.0 Å². The third-order valence-electron chi connectivity index (χ3n) is 1.91. The lowest BCUT2D eigenvalue weighted by atomic mass is 10.2. The highest BCUT2D eigenvalue weighted by Crippen LogP contribution is 2.34. The standard InChI is InChI=1S/C8H4F3N3O3/c9-8(10,11)3-1-4-6(13-14-12-4)5(2-3)17-7(15)16/h1-2H,(H,15,16)(H,12,13,14)/p-1. The highest BCUT2D eigenvalue weighted by atomic mass is 19.4. The molecule has 1 aromatic heterocycles. The van der Waals surface area contributed by atoms with Crippen LogP contribution in [0.25, 0.3) is 11.0 Å². The van der Waals surface area contributed by atoms with Gasteiger partial charge >= 0.3 is 6.18 Å². The van der Waals surface area contributed by atoms with E-state index in [0.29, 0.717) is 6.07 Å². The number of ether oxygens (including phenoxy) is 1. The van der Waals surface area contributed by atoms with Crippen LogP contribution >= 0.6 is 0 Å². The van der Waals surface area contributed by atoms with Crippen LogP contribution < -0.4 is 9.84 Å². The van der Waals surface area contributed by atoms with E-state index in [9.17, 15) is 23.1 Å². The maximum atomic E-state index is 12.5. The number of H-pyrrole nitrogens is 1. The van der Waals surface area contributed by atoms with Crippen molar-refractivity contribution in [2.24, 2.45) is 0 Å². The van der Waals surface area contributed by atoms with Gasteiger partial charge in [0.05, 0.1) is 11.3 Å². The molecule has 0 saturated carbocycles. The van der Waals surface area contributed by atoms with Gasteiger partial charge in [-0.1, -0.05) is 0 Å². The van der Waals surface area contributed by atoms with Crippen molar-refractivity contribution in [2.45, 2.75) is 6.18 Å². The van der Waals surface area contributed by atoms with Crippen molar-refractivity contribution < 1.29 is 27.8 Å². The Morgan fingerprint density at radius 2 is 2.06 bits per heavy atom. The number of aromatic amines is 1. The molecule has 1 heterocycles. The molecular weight excluding hydrogens is 243 g/mol. The number of alkyl halides is 3. The van der Waals surface area contributed by atoms with E-state index in [4.69, 9.17) is 0 Å². The smallest absolute Gasteiger partial charge is 0.416 e. The molecule has 0 atom stereocenters. The van der Waals surface area contributed by atoms with Gasteiger partial charge in [-0.25, -0.2) is 0 Å². The zero-order valence-electron chi connectivity index (χ0n) is 7.91. The minimum absolute atomic E-state index is 0.123. The molecule has 1 aromatic carbocycles. The summed E-state index contributed by atoms with van der Waals surface area (Å²) < 4.78 is 41.5. The summed E-state index contributed by atoms with van der Waals surface area (Å²) in [6, 6.07) is 1.24. The summed E-state index contributed by atoms with van der Waals surface area (Å²) in [6.07, 6.45) is -6.62. The molecule has 0 aliphatic carbocycles. The highest BCUT2D eigenvalue weighted by molar-refractivity contribution is 5.83. The molecule has 0 saturated heterocycles. The molecule has 17 heavy (non-hydrogen) atoms. The molecular formula is C8H3F3N3O3-. The number of halogens is 3. The van der Waals surface area contributed by atoms with Crippen LogP contribution in [0.15, 0.2) is 12.1 Å². The first kappa shape index (κ1) is 11.2. The Kier molecular flexibility index (Phi) is 2.37. The van der Waals surface area contributed by atoms with Crippen molar-refractivity contribution in [3.05, 3.63) is 17.7 Å². The summed E-state index contributed by atoms with van der Waals surface area (Å²) in [6.45, 7) is 0. The number of benzene rings is 1. The van der Waals surface area contributed by atoms with Crippen LogP contribution in [0.3, 0.4) is 0 Å². The largest absolute Gasteiger partial charge is 0.512 e. The molecule has 0 amide bonds. The lowest BCUT2D eigenvalue weighted by Gasteiger charge is -2.12. The van der Waals surface area contributed by atoms with E-state index in [1.165, 1.54) is 0 Å². The molecule has 0 radical (unpaired) electrons. The summed E-state index contributed by atoms with van der Waals surface area (Å²) in [5.41, 5.74) is -1.37. The number of carbonyl (C=O) groups is 1. The van der Waals surface area contributed by atoms with Crippen molar-refractivity contribution in [1.82, 2.24) is 15.4 Å². The quantitative estimate of drug-likeness (QED) is 0.590. The number of carbonyl (C=O) groups excluding carboxylic acids is 1. The first-order chi connectivity index (χ1) is 7.88. The fourth-order valence-corrected chi connectivity index (χ4v) is 1.25. The second-order valence-corrected chi connectivity index (χ2v) is 3.02. The summed E-state index contributed by atoms with van der Waals surface area (Å²) in [7, 11) is 0. The van der Waals surface area contributed by atoms with Crippen LogP contribution in [0.5, 0.6) is 5.75 Å². The monoisotopic (exact) mass is 246 g/mol. The number of nitrogens with one attached hydrogen (secondary N) is 1. The van der Waals surface area contributed by atoms with Gasteiger partial charge in [-0.3, -0.25) is 0 Å². The third kappa shape index (κ3) is 2.12. The summed E-state index contributed by atoms with van der Waals surface area (Å²) in [4.78, 5) is 10.2. The van der Waals surface area contributed by atoms with E-state index >= 15 is 0 Å². The van der Waals surface area contributed by atoms with Crippen LogP contribution in [0.2, 0.25) is 0 Å². The van der Waals surface area contributed by atoms with Gasteiger partial charge in [0.1, 0.15) is 11.0 Å². The lowest BCUT2D eigenvalue weighted by Crippen LogP contribution is -2.26. The maximum absolute atomic E-state index is 12.5. The number of hydrogen-bond acceptors (Lipinski definition) is 5. The molecule has 0 spiro atoms. The van der Waals surface area contributed by atoms with Gasteiger partial charge in [0.25, 0.3) is 6.16 Å². The number of rotatable bonds is 1. The Balaban J connectivity index is 2.62. The second-order valence-electron chi connectivity index (χ2n) is 3.02. The van der Waals surface area contributed by atoms with E-state index in [0.717, 1.165) is 6.07 Å². The van der Waals surface area contributed by atoms with E-state index < -0.39 is 23.6 Å². The van der Waals surface area contributed by atoms with Crippen LogP contribution in [-0.4, -0.2) is 21.6 Å². The Hall–Kier alpha value is -2.32. The summed E-state index contributed by atoms with van der Waals surface area (Å²) >= 11 is 0. The first-order valence-corrected chi connectivity index (χ1v) is 4.18. The van der Waals surface area contributed by atoms with Crippen LogP contribution in [0, 0.1) is 0 Å². The molecule has 2 aromatic rings. The van der Waals surface area contributed by atoms with Gasteiger partial charge in [0.2, 0.25) is 0 Å². The molecule has 6 nitrogen and oxygen atoms in total. The number of nitrogens with zero attached hydrogens (tertiary/aromatic N) is 2. The molecule has 90 valence electrons. The summed E-state index contributed by atoms with van der Waals surface area (Å²) in [5.74, 6) is -0.580. The normalized spacial score (nSPS) is 11.7. The average molecular weight is 246 g/mol. The van der Waals surface area contributed by atoms with Crippen molar-refractivity contribution in [1.29, 1.82) is 0 Å². The minimum atomic E-state index is -4.64. The zero-order valence-corrected chi connectivity index (χ0v) is 7.91. The number of aromatic nitrogens is 3. The highest BCUT2D eigenvalue weighted by Gasteiger charge is 2.32. The number of fused-ring (bicyclic) bond motifs is 1. The van der Waals surface area contributed by atoms with Crippen molar-refractivity contribution in [3.8, 4) is 5.75 Å². The van der Waals surface area contributed by atoms with E-state index in [-0.39, 0.29) is 11.0 Å². The molecule has 0 fully saturated rings. The predicted molar refractivity (Wildman–Crippen MR) is 44.9 cm³/mol. The van der Waals surface area contributed by atoms with E-state index in [1.54, 1.807) is 0 Å². The molecule has 0 bridgehead atoms. The second kappa shape index (κ2) is 3.61. The third-order valence-corrected chi connectivity index (χ3v) is 1.91. The molecule has 0 unspecified atom stereocenters. The Bertz CT molecular complexity index is 578. The van der Waals surface area contributed by atoms with Gasteiger partial charge in [-0.2, -0.15) is 28.6 Å². The molecule has 9 heteroatoms.